The fraction of sp³-hybridized carbons (Fsp3) is 0.516. The Balaban J connectivity index is 0.00000560. The molecular formula is C31H47N3O5S. The first kappa shape index (κ1) is 33.3. The van der Waals surface area contributed by atoms with Gasteiger partial charge in [0, 0.05) is 29.6 Å². The molecule has 0 spiro atoms. The highest BCUT2D eigenvalue weighted by atomic mass is 32.2. The summed E-state index contributed by atoms with van der Waals surface area (Å²) in [5.41, 5.74) is 1.99. The number of anilines is 1. The minimum absolute atomic E-state index is 0. The average Bonchev–Trinajstić information content (AvgIpc) is 3.27. The fourth-order valence-corrected chi connectivity index (χ4v) is 5.17. The molecule has 40 heavy (non-hydrogen) atoms. The number of carbonyl (C=O) groups excluding carboxylic acids is 1. The third-order valence-corrected chi connectivity index (χ3v) is 7.31. The first-order valence-corrected chi connectivity index (χ1v) is 16.2. The Bertz CT molecular complexity index is 1290. The Morgan fingerprint density at radius 2 is 1.52 bits per heavy atom. The predicted molar refractivity (Wildman–Crippen MR) is 165 cm³/mol. The largest absolute Gasteiger partial charge is 0.494 e. The van der Waals surface area contributed by atoms with Crippen molar-refractivity contribution in [1.29, 1.82) is 0 Å². The van der Waals surface area contributed by atoms with E-state index in [1.54, 1.807) is 30.3 Å². The number of unbranched alkanes of at least 4 members (excludes halogenated alkanes) is 3. The summed E-state index contributed by atoms with van der Waals surface area (Å²) in [6.07, 6.45) is 9.40. The molecule has 0 aliphatic heterocycles. The lowest BCUT2D eigenvalue weighted by Gasteiger charge is -2.21. The molecule has 4 N–H and O–H groups in total. The van der Waals surface area contributed by atoms with Crippen molar-refractivity contribution in [1.82, 2.24) is 11.1 Å². The van der Waals surface area contributed by atoms with Gasteiger partial charge >= 0.3 is 0 Å². The van der Waals surface area contributed by atoms with Crippen molar-refractivity contribution in [2.75, 3.05) is 37.2 Å². The number of furan rings is 1. The minimum atomic E-state index is -3.45. The van der Waals surface area contributed by atoms with E-state index in [0.29, 0.717) is 46.6 Å². The summed E-state index contributed by atoms with van der Waals surface area (Å²) < 4.78 is 38.0. The van der Waals surface area contributed by atoms with Crippen molar-refractivity contribution in [2.24, 2.45) is 0 Å². The summed E-state index contributed by atoms with van der Waals surface area (Å²) >= 11 is 0. The molecule has 9 heteroatoms. The van der Waals surface area contributed by atoms with Gasteiger partial charge in [0.05, 0.1) is 18.4 Å². The van der Waals surface area contributed by atoms with Crippen LogP contribution in [0.25, 0.3) is 11.0 Å². The van der Waals surface area contributed by atoms with E-state index in [1.807, 2.05) is 12.1 Å². The van der Waals surface area contributed by atoms with Gasteiger partial charge in [-0.1, -0.05) is 40.0 Å². The van der Waals surface area contributed by atoms with Crippen LogP contribution in [0.15, 0.2) is 46.9 Å². The van der Waals surface area contributed by atoms with Gasteiger partial charge in [-0.2, -0.15) is 0 Å². The van der Waals surface area contributed by atoms with Gasteiger partial charge in [-0.05, 0) is 81.2 Å². The van der Waals surface area contributed by atoms with Gasteiger partial charge in [-0.3, -0.25) is 9.52 Å². The summed E-state index contributed by atoms with van der Waals surface area (Å²) in [6, 6.07) is 12.3. The third-order valence-electron chi connectivity index (χ3n) is 6.71. The summed E-state index contributed by atoms with van der Waals surface area (Å²) in [5.74, 6) is 1.22. The van der Waals surface area contributed by atoms with E-state index in [2.05, 4.69) is 30.4 Å². The van der Waals surface area contributed by atoms with Crippen LogP contribution in [-0.4, -0.2) is 51.6 Å². The van der Waals surface area contributed by atoms with E-state index in [1.165, 1.54) is 25.7 Å². The topological polar surface area (TPSA) is 124 Å². The second-order valence-electron chi connectivity index (χ2n) is 10.2. The van der Waals surface area contributed by atoms with E-state index in [-0.39, 0.29) is 11.9 Å². The number of aryl methyl sites for hydroxylation is 1. The van der Waals surface area contributed by atoms with Crippen molar-refractivity contribution >= 4 is 32.5 Å². The highest BCUT2D eigenvalue weighted by Gasteiger charge is 2.22. The highest BCUT2D eigenvalue weighted by Crippen LogP contribution is 2.32. The van der Waals surface area contributed by atoms with Gasteiger partial charge in [0.25, 0.3) is 0 Å². The molecular weight excluding hydrogens is 526 g/mol. The van der Waals surface area contributed by atoms with E-state index < -0.39 is 10.0 Å². The first-order valence-electron chi connectivity index (χ1n) is 14.3. The Morgan fingerprint density at radius 1 is 0.900 bits per heavy atom. The van der Waals surface area contributed by atoms with Crippen LogP contribution in [0.5, 0.6) is 5.75 Å². The number of nitrogens with zero attached hydrogens (tertiary/aromatic N) is 1. The molecule has 0 radical (unpaired) electrons. The van der Waals surface area contributed by atoms with Crippen LogP contribution in [-0.2, 0) is 16.4 Å². The van der Waals surface area contributed by atoms with Crippen LogP contribution in [0, 0.1) is 0 Å². The van der Waals surface area contributed by atoms with Crippen LogP contribution in [0.1, 0.15) is 87.4 Å². The van der Waals surface area contributed by atoms with Gasteiger partial charge < -0.3 is 20.2 Å². The summed E-state index contributed by atoms with van der Waals surface area (Å²) in [6.45, 7) is 10.5. The van der Waals surface area contributed by atoms with Crippen LogP contribution >= 0.6 is 0 Å². The Kier molecular flexibility index (Phi) is 13.7. The number of benzene rings is 2. The van der Waals surface area contributed by atoms with Gasteiger partial charge in [-0.25, -0.2) is 8.42 Å². The lowest BCUT2D eigenvalue weighted by atomic mass is 9.98. The number of ketones is 1. The van der Waals surface area contributed by atoms with Crippen LogP contribution in [0.4, 0.5) is 5.69 Å². The van der Waals surface area contributed by atoms with E-state index >= 15 is 0 Å². The maximum atomic E-state index is 13.7. The second-order valence-corrected chi connectivity index (χ2v) is 11.9. The van der Waals surface area contributed by atoms with E-state index in [4.69, 9.17) is 9.15 Å². The van der Waals surface area contributed by atoms with Gasteiger partial charge in [0.2, 0.25) is 10.0 Å². The molecule has 0 fully saturated rings. The number of ether oxygens (including phenoxy) is 1. The first-order chi connectivity index (χ1) is 18.8. The van der Waals surface area contributed by atoms with Crippen LogP contribution in [0.2, 0.25) is 0 Å². The van der Waals surface area contributed by atoms with E-state index in [9.17, 15) is 13.2 Å². The maximum absolute atomic E-state index is 13.7. The van der Waals surface area contributed by atoms with Gasteiger partial charge in [0.1, 0.15) is 17.1 Å². The number of carbonyl (C=O) groups is 1. The zero-order valence-corrected chi connectivity index (χ0v) is 25.4. The maximum Gasteiger partial charge on any atom is 0.229 e. The number of hydrogen-bond donors (Lipinski definition) is 2. The zero-order valence-electron chi connectivity index (χ0n) is 24.6. The quantitative estimate of drug-likeness (QED) is 0.122. The Hall–Kier alpha value is -2.88. The number of hydrogen-bond acceptors (Lipinski definition) is 7. The monoisotopic (exact) mass is 573 g/mol. The van der Waals surface area contributed by atoms with Crippen molar-refractivity contribution in [3.8, 4) is 5.75 Å². The number of nitrogens with one attached hydrogen (secondary N) is 1. The summed E-state index contributed by atoms with van der Waals surface area (Å²) in [4.78, 5) is 16.2. The van der Waals surface area contributed by atoms with Crippen molar-refractivity contribution in [3.63, 3.8) is 0 Å². The summed E-state index contributed by atoms with van der Waals surface area (Å²) in [7, 11) is -3.45. The van der Waals surface area contributed by atoms with E-state index in [0.717, 1.165) is 50.9 Å². The summed E-state index contributed by atoms with van der Waals surface area (Å²) in [5, 5.41) is 0.607. The molecule has 222 valence electrons. The molecule has 1 aromatic heterocycles. The molecule has 1 heterocycles. The number of rotatable bonds is 18. The molecule has 0 atom stereocenters. The molecule has 0 saturated carbocycles. The normalized spacial score (nSPS) is 11.5. The Morgan fingerprint density at radius 3 is 2.12 bits per heavy atom. The fourth-order valence-electron chi connectivity index (χ4n) is 4.61. The smallest absolute Gasteiger partial charge is 0.229 e. The van der Waals surface area contributed by atoms with Crippen LogP contribution in [0.3, 0.4) is 0 Å². The molecule has 8 nitrogen and oxygen atoms in total. The van der Waals surface area contributed by atoms with Gasteiger partial charge in [-0.15, -0.1) is 0 Å². The lowest BCUT2D eigenvalue weighted by molar-refractivity contribution is 0.103. The molecule has 0 bridgehead atoms. The SMILES string of the molecule is CCCCc1oc2ccc(NS(C)(=O)=O)cc2c1C(=O)c1ccc(OCCCN(CCCC)CCCC)cc1.N. The second kappa shape index (κ2) is 16.4. The molecule has 3 rings (SSSR count). The number of sulfonamides is 1. The molecule has 0 aliphatic carbocycles. The van der Waals surface area contributed by atoms with Crippen molar-refractivity contribution < 1.29 is 22.4 Å². The lowest BCUT2D eigenvalue weighted by Crippen LogP contribution is -2.28. The molecule has 0 amide bonds. The third kappa shape index (κ3) is 9.94. The molecule has 0 saturated heterocycles. The molecule has 0 aliphatic rings. The number of fused-ring (bicyclic) bond motifs is 1. The molecule has 2 aromatic carbocycles. The molecule has 3 aromatic rings. The average molecular weight is 574 g/mol. The highest BCUT2D eigenvalue weighted by molar-refractivity contribution is 7.92. The van der Waals surface area contributed by atoms with Crippen molar-refractivity contribution in [3.05, 3.63) is 59.4 Å². The molecule has 0 unspecified atom stereocenters. The Labute approximate surface area is 240 Å². The van der Waals surface area contributed by atoms with Gasteiger partial charge in [0.15, 0.2) is 5.78 Å². The zero-order chi connectivity index (χ0) is 28.3. The predicted octanol–water partition coefficient (Wildman–Crippen LogP) is 7.21. The van der Waals surface area contributed by atoms with Crippen molar-refractivity contribution in [2.45, 2.75) is 72.1 Å². The standard InChI is InChI=1S/C31H44N2O5S.H3N/c1-5-8-12-29-30(27-23-25(32-39(4,35)36)15-18-28(27)38-29)31(34)24-13-16-26(17-14-24)37-22-11-21-33(19-9-6-2)20-10-7-3;/h13-18,23,32H,5-12,19-22H2,1-4H3;1H3. The van der Waals surface area contributed by atoms with Crippen LogP contribution < -0.4 is 15.6 Å². The minimum Gasteiger partial charge on any atom is -0.494 e.